The van der Waals surface area contributed by atoms with Crippen molar-refractivity contribution in [3.05, 3.63) is 108 Å². The minimum Gasteiger partial charge on any atom is -0.493 e. The Hall–Kier alpha value is -5.24. The van der Waals surface area contributed by atoms with Crippen LogP contribution in [0.5, 0.6) is 46.0 Å². The molecule has 8 nitrogen and oxygen atoms in total. The van der Waals surface area contributed by atoms with Crippen molar-refractivity contribution in [2.24, 2.45) is 0 Å². The molecule has 8 heteroatoms. The molecule has 0 heterocycles. The van der Waals surface area contributed by atoms with Gasteiger partial charge in [-0.25, -0.2) is 0 Å². The third-order valence-corrected chi connectivity index (χ3v) is 10.6. The molecule has 61 heavy (non-hydrogen) atoms. The summed E-state index contributed by atoms with van der Waals surface area (Å²) in [5, 5.41) is 0. The monoisotopic (exact) mass is 835 g/mol. The van der Waals surface area contributed by atoms with Crippen LogP contribution in [0.2, 0.25) is 0 Å². The molecule has 0 aliphatic heterocycles. The summed E-state index contributed by atoms with van der Waals surface area (Å²) in [6.07, 6.45) is 10.5. The van der Waals surface area contributed by atoms with E-state index in [1.165, 1.54) is 12.5 Å². The van der Waals surface area contributed by atoms with Gasteiger partial charge in [0.25, 0.3) is 0 Å². The molecule has 1 aliphatic carbocycles. The van der Waals surface area contributed by atoms with Gasteiger partial charge in [0.1, 0.15) is 11.5 Å². The number of fused-ring (bicyclic) bond motifs is 3. The van der Waals surface area contributed by atoms with Crippen LogP contribution >= 0.6 is 0 Å². The van der Waals surface area contributed by atoms with E-state index in [0.717, 1.165) is 95.9 Å². The molecule has 0 unspecified atom stereocenters. The van der Waals surface area contributed by atoms with E-state index in [1.54, 1.807) is 0 Å². The van der Waals surface area contributed by atoms with Gasteiger partial charge in [-0.05, 0) is 73.6 Å². The highest BCUT2D eigenvalue weighted by Crippen LogP contribution is 2.68. The van der Waals surface area contributed by atoms with E-state index in [-0.39, 0.29) is 0 Å². The van der Waals surface area contributed by atoms with E-state index in [4.69, 9.17) is 37.9 Å². The summed E-state index contributed by atoms with van der Waals surface area (Å²) in [5.41, 5.74) is 6.43. The Morgan fingerprint density at radius 3 is 1.02 bits per heavy atom. The molecule has 0 bridgehead atoms. The fraction of sp³-hybridized carbons (Fsp3) is 0.472. The molecule has 330 valence electrons. The van der Waals surface area contributed by atoms with Crippen LogP contribution in [0.15, 0.2) is 74.2 Å². The standard InChI is InChI=1S/C53H70O8/c1-11-25-39-45(56-31-13-3)43(49(58-33-15-5)51(60-35-17-7)47(39)54-19-9)53(41-29-23-21-27-37(41)38-28-22-24-30-42(38)53)44-46(57-32-14-4)40(26-12-2)48(55-20-10)52(61-36-18-8)50(44)59-34-16-6/h19-24,27-30H,9-18,25-26,31-36H2,1-8H3. The molecule has 0 aromatic heterocycles. The zero-order valence-electron chi connectivity index (χ0n) is 38.3. The van der Waals surface area contributed by atoms with Gasteiger partial charge in [0.15, 0.2) is 23.0 Å². The van der Waals surface area contributed by atoms with E-state index in [9.17, 15) is 0 Å². The lowest BCUT2D eigenvalue weighted by atomic mass is 9.65. The van der Waals surface area contributed by atoms with Crippen molar-refractivity contribution < 1.29 is 37.9 Å². The molecule has 5 rings (SSSR count). The van der Waals surface area contributed by atoms with Gasteiger partial charge in [-0.2, -0.15) is 0 Å². The molecule has 0 atom stereocenters. The SMILES string of the molecule is C=COc1c(CCC)c(OCCC)c(C2(c3c(OCCC)c(CCC)c(OC=C)c(OCCC)c3OCCC)c3ccccc3-c3ccccc32)c(OCCC)c1OCCC. The fourth-order valence-corrected chi connectivity index (χ4v) is 8.45. The third kappa shape index (κ3) is 9.19. The minimum absolute atomic E-state index is 0.416. The van der Waals surface area contributed by atoms with Gasteiger partial charge < -0.3 is 37.9 Å². The highest BCUT2D eigenvalue weighted by Gasteiger charge is 2.55. The molecule has 0 amide bonds. The predicted molar refractivity (Wildman–Crippen MR) is 248 cm³/mol. The first kappa shape index (κ1) is 46.8. The highest BCUT2D eigenvalue weighted by molar-refractivity contribution is 5.92. The summed E-state index contributed by atoms with van der Waals surface area (Å²) in [7, 11) is 0. The smallest absolute Gasteiger partial charge is 0.205 e. The fourth-order valence-electron chi connectivity index (χ4n) is 8.45. The van der Waals surface area contributed by atoms with Crippen LogP contribution < -0.4 is 37.9 Å². The zero-order chi connectivity index (χ0) is 43.8. The van der Waals surface area contributed by atoms with Crippen molar-refractivity contribution in [2.45, 2.75) is 125 Å². The Kier molecular flexibility index (Phi) is 17.7. The Labute approximate surface area is 366 Å². The number of ether oxygens (including phenoxy) is 8. The topological polar surface area (TPSA) is 73.8 Å². The molecule has 0 spiro atoms. The second-order valence-electron chi connectivity index (χ2n) is 15.3. The van der Waals surface area contributed by atoms with Crippen LogP contribution in [0, 0.1) is 0 Å². The molecule has 0 N–H and O–H groups in total. The van der Waals surface area contributed by atoms with Gasteiger partial charge in [-0.3, -0.25) is 0 Å². The number of hydrogen-bond acceptors (Lipinski definition) is 8. The van der Waals surface area contributed by atoms with Gasteiger partial charge >= 0.3 is 0 Å². The predicted octanol–water partition coefficient (Wildman–Crippen LogP) is 13.7. The van der Waals surface area contributed by atoms with Crippen LogP contribution in [-0.2, 0) is 18.3 Å². The van der Waals surface area contributed by atoms with Crippen LogP contribution in [0.25, 0.3) is 11.1 Å². The third-order valence-electron chi connectivity index (χ3n) is 10.6. The van der Waals surface area contributed by atoms with Crippen LogP contribution in [-0.4, -0.2) is 39.6 Å². The van der Waals surface area contributed by atoms with E-state index < -0.39 is 5.41 Å². The molecule has 4 aromatic rings. The Morgan fingerprint density at radius 1 is 0.393 bits per heavy atom. The van der Waals surface area contributed by atoms with Gasteiger partial charge in [-0.1, -0.05) is 130 Å². The van der Waals surface area contributed by atoms with Crippen molar-refractivity contribution in [3.8, 4) is 57.1 Å². The minimum atomic E-state index is -1.19. The average Bonchev–Trinajstić information content (AvgIpc) is 3.57. The average molecular weight is 835 g/mol. The maximum absolute atomic E-state index is 7.20. The molecule has 0 fully saturated rings. The van der Waals surface area contributed by atoms with Gasteiger partial charge in [0, 0.05) is 11.1 Å². The maximum Gasteiger partial charge on any atom is 0.205 e. The van der Waals surface area contributed by atoms with Crippen molar-refractivity contribution in [1.82, 2.24) is 0 Å². The lowest BCUT2D eigenvalue weighted by molar-refractivity contribution is 0.240. The lowest BCUT2D eigenvalue weighted by Crippen LogP contribution is -2.33. The van der Waals surface area contributed by atoms with E-state index in [2.05, 4.69) is 117 Å². The number of hydrogen-bond donors (Lipinski definition) is 0. The lowest BCUT2D eigenvalue weighted by Gasteiger charge is -2.40. The maximum atomic E-state index is 7.20. The molecule has 0 radical (unpaired) electrons. The quantitative estimate of drug-likeness (QED) is 0.0461. The first-order valence-corrected chi connectivity index (χ1v) is 22.9. The van der Waals surface area contributed by atoms with E-state index in [0.29, 0.717) is 98.5 Å². The molecule has 4 aromatic carbocycles. The summed E-state index contributed by atoms with van der Waals surface area (Å²) in [6, 6.07) is 17.3. The van der Waals surface area contributed by atoms with Crippen molar-refractivity contribution in [1.29, 1.82) is 0 Å². The van der Waals surface area contributed by atoms with Gasteiger partial charge in [0.05, 0.1) is 68.7 Å². The van der Waals surface area contributed by atoms with Crippen molar-refractivity contribution in [3.63, 3.8) is 0 Å². The Bertz CT molecular complexity index is 1920. The van der Waals surface area contributed by atoms with Crippen molar-refractivity contribution in [2.75, 3.05) is 39.6 Å². The van der Waals surface area contributed by atoms with Crippen molar-refractivity contribution >= 4 is 0 Å². The van der Waals surface area contributed by atoms with Gasteiger partial charge in [-0.15, -0.1) is 0 Å². The zero-order valence-corrected chi connectivity index (χ0v) is 38.3. The summed E-state index contributed by atoms with van der Waals surface area (Å²) >= 11 is 0. The molecule has 0 saturated carbocycles. The normalized spacial score (nSPS) is 12.3. The first-order valence-electron chi connectivity index (χ1n) is 22.9. The summed E-state index contributed by atoms with van der Waals surface area (Å²) < 4.78 is 55.4. The molecule has 0 saturated heterocycles. The molecule has 1 aliphatic rings. The van der Waals surface area contributed by atoms with Crippen LogP contribution in [0.1, 0.15) is 140 Å². The number of benzene rings is 4. The van der Waals surface area contributed by atoms with E-state index >= 15 is 0 Å². The van der Waals surface area contributed by atoms with Crippen LogP contribution in [0.3, 0.4) is 0 Å². The molecular weight excluding hydrogens is 765 g/mol. The summed E-state index contributed by atoms with van der Waals surface area (Å²) in [6.45, 7) is 27.7. The number of rotatable bonds is 28. The summed E-state index contributed by atoms with van der Waals surface area (Å²) in [5.74, 6) is 4.62. The molecular formula is C53H70O8. The highest BCUT2D eigenvalue weighted by atomic mass is 16.6. The van der Waals surface area contributed by atoms with E-state index in [1.807, 2.05) is 0 Å². The largest absolute Gasteiger partial charge is 0.493 e. The van der Waals surface area contributed by atoms with Crippen LogP contribution in [0.4, 0.5) is 0 Å². The Balaban J connectivity index is 2.29. The second-order valence-corrected chi connectivity index (χ2v) is 15.3. The first-order chi connectivity index (χ1) is 29.9. The second kappa shape index (κ2) is 23.1. The van der Waals surface area contributed by atoms with Gasteiger partial charge in [0.2, 0.25) is 11.5 Å². The Morgan fingerprint density at radius 2 is 0.705 bits per heavy atom. The summed E-state index contributed by atoms with van der Waals surface area (Å²) in [4.78, 5) is 0.